The fourth-order valence-electron chi connectivity index (χ4n) is 1.85. The highest BCUT2D eigenvalue weighted by molar-refractivity contribution is 7.92. The van der Waals surface area contributed by atoms with Crippen molar-refractivity contribution in [2.24, 2.45) is 0 Å². The average molecular weight is 308 g/mol. The Morgan fingerprint density at radius 1 is 1.15 bits per heavy atom. The van der Waals surface area contributed by atoms with E-state index in [0.29, 0.717) is 5.69 Å². The first-order valence-electron chi connectivity index (χ1n) is 5.76. The zero-order chi connectivity index (χ0) is 14.2. The Balaban J connectivity index is 1.99. The molecule has 0 radical (unpaired) electrons. The molecule has 2 heterocycles. The SMILES string of the molecule is O=S(=O)(Nc1ccc2nccn2c1)c1ccccc1Cl. The zero-order valence-electron chi connectivity index (χ0n) is 10.2. The second-order valence-electron chi connectivity index (χ2n) is 4.15. The van der Waals surface area contributed by atoms with Crippen molar-refractivity contribution in [2.75, 3.05) is 4.72 Å². The minimum atomic E-state index is -3.71. The molecule has 0 aliphatic carbocycles. The van der Waals surface area contributed by atoms with Crippen molar-refractivity contribution < 1.29 is 8.42 Å². The van der Waals surface area contributed by atoms with E-state index < -0.39 is 10.0 Å². The van der Waals surface area contributed by atoms with Crippen LogP contribution in [0.3, 0.4) is 0 Å². The Kier molecular flexibility index (Phi) is 3.11. The van der Waals surface area contributed by atoms with E-state index in [1.54, 1.807) is 47.3 Å². The lowest BCUT2D eigenvalue weighted by atomic mass is 10.4. The summed E-state index contributed by atoms with van der Waals surface area (Å²) in [6, 6.07) is 9.68. The molecule has 20 heavy (non-hydrogen) atoms. The molecule has 0 spiro atoms. The van der Waals surface area contributed by atoms with Crippen molar-refractivity contribution in [2.45, 2.75) is 4.90 Å². The maximum atomic E-state index is 12.3. The molecule has 1 N–H and O–H groups in total. The maximum Gasteiger partial charge on any atom is 0.263 e. The van der Waals surface area contributed by atoms with E-state index in [-0.39, 0.29) is 9.92 Å². The van der Waals surface area contributed by atoms with Crippen LogP contribution in [0.5, 0.6) is 0 Å². The van der Waals surface area contributed by atoms with Gasteiger partial charge in [-0.25, -0.2) is 13.4 Å². The molecule has 0 aliphatic heterocycles. The fourth-order valence-corrected chi connectivity index (χ4v) is 3.42. The molecule has 3 aromatic rings. The monoisotopic (exact) mass is 307 g/mol. The molecule has 102 valence electrons. The molecule has 1 aromatic carbocycles. The summed E-state index contributed by atoms with van der Waals surface area (Å²) in [6.45, 7) is 0. The summed E-state index contributed by atoms with van der Waals surface area (Å²) in [6.07, 6.45) is 5.03. The Morgan fingerprint density at radius 2 is 1.95 bits per heavy atom. The predicted molar refractivity (Wildman–Crippen MR) is 77.5 cm³/mol. The highest BCUT2D eigenvalue weighted by Crippen LogP contribution is 2.23. The van der Waals surface area contributed by atoms with Gasteiger partial charge in [0.2, 0.25) is 0 Å². The molecule has 0 amide bonds. The third-order valence-corrected chi connectivity index (χ3v) is 4.65. The van der Waals surface area contributed by atoms with Crippen LogP contribution in [0.2, 0.25) is 5.02 Å². The van der Waals surface area contributed by atoms with Gasteiger partial charge in [0.15, 0.2) is 0 Å². The molecule has 0 bridgehead atoms. The van der Waals surface area contributed by atoms with Gasteiger partial charge < -0.3 is 4.40 Å². The van der Waals surface area contributed by atoms with Crippen LogP contribution in [0, 0.1) is 0 Å². The van der Waals surface area contributed by atoms with Gasteiger partial charge in [0.05, 0.1) is 10.7 Å². The molecule has 0 saturated carbocycles. The first-order chi connectivity index (χ1) is 9.56. The van der Waals surface area contributed by atoms with Gasteiger partial charge in [-0.15, -0.1) is 0 Å². The van der Waals surface area contributed by atoms with Crippen LogP contribution in [0.4, 0.5) is 5.69 Å². The van der Waals surface area contributed by atoms with E-state index in [1.807, 2.05) is 0 Å². The van der Waals surface area contributed by atoms with Crippen molar-refractivity contribution >= 4 is 33.0 Å². The van der Waals surface area contributed by atoms with Crippen molar-refractivity contribution in [3.63, 3.8) is 0 Å². The lowest BCUT2D eigenvalue weighted by Gasteiger charge is -2.09. The highest BCUT2D eigenvalue weighted by atomic mass is 35.5. The Hall–Kier alpha value is -2.05. The molecular weight excluding hydrogens is 298 g/mol. The number of halogens is 1. The number of aromatic nitrogens is 2. The van der Waals surface area contributed by atoms with Crippen molar-refractivity contribution in [1.29, 1.82) is 0 Å². The van der Waals surface area contributed by atoms with E-state index in [0.717, 1.165) is 5.65 Å². The minimum Gasteiger partial charge on any atom is -0.305 e. The number of rotatable bonds is 3. The fraction of sp³-hybridized carbons (Fsp3) is 0. The van der Waals surface area contributed by atoms with Crippen LogP contribution < -0.4 is 4.72 Å². The number of nitrogens with zero attached hydrogens (tertiary/aromatic N) is 2. The lowest BCUT2D eigenvalue weighted by Crippen LogP contribution is -2.13. The first-order valence-corrected chi connectivity index (χ1v) is 7.62. The number of fused-ring (bicyclic) bond motifs is 1. The third kappa shape index (κ3) is 2.35. The zero-order valence-corrected chi connectivity index (χ0v) is 11.8. The van der Waals surface area contributed by atoms with Gasteiger partial charge in [-0.3, -0.25) is 4.72 Å². The summed E-state index contributed by atoms with van der Waals surface area (Å²) in [4.78, 5) is 4.14. The molecule has 0 atom stereocenters. The molecule has 0 saturated heterocycles. The van der Waals surface area contributed by atoms with Gasteiger partial charge in [-0.05, 0) is 24.3 Å². The van der Waals surface area contributed by atoms with Crippen LogP contribution >= 0.6 is 11.6 Å². The van der Waals surface area contributed by atoms with Crippen LogP contribution in [0.25, 0.3) is 5.65 Å². The molecule has 0 fully saturated rings. The van der Waals surface area contributed by atoms with Crippen LogP contribution in [-0.4, -0.2) is 17.8 Å². The number of nitrogens with one attached hydrogen (secondary N) is 1. The number of hydrogen-bond acceptors (Lipinski definition) is 3. The van der Waals surface area contributed by atoms with Crippen LogP contribution in [0.15, 0.2) is 59.9 Å². The summed E-state index contributed by atoms with van der Waals surface area (Å²) >= 11 is 5.92. The first kappa shape index (κ1) is 13.0. The largest absolute Gasteiger partial charge is 0.305 e. The second-order valence-corrected chi connectivity index (χ2v) is 6.20. The quantitative estimate of drug-likeness (QED) is 0.809. The summed E-state index contributed by atoms with van der Waals surface area (Å²) in [5, 5.41) is 0.184. The molecule has 0 aliphatic rings. The van der Waals surface area contributed by atoms with Gasteiger partial charge in [0, 0.05) is 18.6 Å². The van der Waals surface area contributed by atoms with Gasteiger partial charge in [-0.1, -0.05) is 23.7 Å². The van der Waals surface area contributed by atoms with E-state index >= 15 is 0 Å². The van der Waals surface area contributed by atoms with Crippen LogP contribution in [-0.2, 0) is 10.0 Å². The van der Waals surface area contributed by atoms with E-state index in [2.05, 4.69) is 9.71 Å². The summed E-state index contributed by atoms with van der Waals surface area (Å²) in [5.74, 6) is 0. The van der Waals surface area contributed by atoms with Gasteiger partial charge in [0.1, 0.15) is 10.5 Å². The molecule has 3 rings (SSSR count). The van der Waals surface area contributed by atoms with E-state index in [9.17, 15) is 8.42 Å². The van der Waals surface area contributed by atoms with Gasteiger partial charge in [-0.2, -0.15) is 0 Å². The standard InChI is InChI=1S/C13H10ClN3O2S/c14-11-3-1-2-4-12(11)20(18,19)16-10-5-6-13-15-7-8-17(13)9-10/h1-9,16H. The summed E-state index contributed by atoms with van der Waals surface area (Å²) in [5.41, 5.74) is 1.18. The highest BCUT2D eigenvalue weighted by Gasteiger charge is 2.17. The topological polar surface area (TPSA) is 63.5 Å². The van der Waals surface area contributed by atoms with Crippen molar-refractivity contribution in [1.82, 2.24) is 9.38 Å². The summed E-state index contributed by atoms with van der Waals surface area (Å²) in [7, 11) is -3.71. The van der Waals surface area contributed by atoms with Crippen LogP contribution in [0.1, 0.15) is 0 Å². The molecule has 5 nitrogen and oxygen atoms in total. The van der Waals surface area contributed by atoms with Gasteiger partial charge in [0.25, 0.3) is 10.0 Å². The maximum absolute atomic E-state index is 12.3. The van der Waals surface area contributed by atoms with Gasteiger partial charge >= 0.3 is 0 Å². The lowest BCUT2D eigenvalue weighted by molar-refractivity contribution is 0.601. The Labute approximate surface area is 120 Å². The summed E-state index contributed by atoms with van der Waals surface area (Å²) < 4.78 is 28.8. The number of hydrogen-bond donors (Lipinski definition) is 1. The van der Waals surface area contributed by atoms with E-state index in [1.165, 1.54) is 12.1 Å². The number of anilines is 1. The third-order valence-electron chi connectivity index (χ3n) is 2.77. The Bertz CT molecular complexity index is 874. The number of pyridine rings is 1. The second kappa shape index (κ2) is 4.81. The smallest absolute Gasteiger partial charge is 0.263 e. The predicted octanol–water partition coefficient (Wildman–Crippen LogP) is 2.79. The minimum absolute atomic E-state index is 0.0485. The molecule has 7 heteroatoms. The van der Waals surface area contributed by atoms with Crippen molar-refractivity contribution in [3.05, 3.63) is 60.0 Å². The van der Waals surface area contributed by atoms with Crippen molar-refractivity contribution in [3.8, 4) is 0 Å². The molecule has 2 aromatic heterocycles. The number of benzene rings is 1. The normalized spacial score (nSPS) is 11.7. The number of sulfonamides is 1. The average Bonchev–Trinajstić information content (AvgIpc) is 2.86. The molecule has 0 unspecified atom stereocenters. The molecular formula is C13H10ClN3O2S. The number of imidazole rings is 1. The van der Waals surface area contributed by atoms with E-state index in [4.69, 9.17) is 11.6 Å². The Morgan fingerprint density at radius 3 is 2.75 bits per heavy atom.